The first kappa shape index (κ1) is 7.59. The van der Waals surface area contributed by atoms with Crippen LogP contribution < -0.4 is 5.32 Å². The van der Waals surface area contributed by atoms with Gasteiger partial charge in [-0.05, 0) is 12.3 Å². The van der Waals surface area contributed by atoms with Crippen LogP contribution in [0.3, 0.4) is 0 Å². The van der Waals surface area contributed by atoms with Gasteiger partial charge in [-0.25, -0.2) is 0 Å². The predicted molar refractivity (Wildman–Crippen MR) is 37.8 cm³/mol. The van der Waals surface area contributed by atoms with Crippen molar-refractivity contribution in [3.05, 3.63) is 12.3 Å². The van der Waals surface area contributed by atoms with Crippen LogP contribution in [0, 0.1) is 0 Å². The first-order chi connectivity index (χ1) is 3.91. The maximum absolute atomic E-state index is 4.68. The second-order valence-electron chi connectivity index (χ2n) is 1.13. The van der Waals surface area contributed by atoms with Crippen molar-refractivity contribution in [2.75, 3.05) is 13.8 Å². The number of methoxy groups -OCH3 is 1. The quantitative estimate of drug-likeness (QED) is 0.262. The molecule has 2 nitrogen and oxygen atoms in total. The van der Waals surface area contributed by atoms with Gasteiger partial charge in [-0.15, -0.1) is 0 Å². The fourth-order valence-corrected chi connectivity index (χ4v) is 0.317. The molecule has 0 rings (SSSR count). The van der Waals surface area contributed by atoms with E-state index in [9.17, 15) is 0 Å². The molecule has 46 valence electrons. The Balaban J connectivity index is 2.91. The Morgan fingerprint density at radius 1 is 1.75 bits per heavy atom. The molecular formula is C5H9NOS. The first-order valence-corrected chi connectivity index (χ1v) is 2.71. The molecule has 0 atom stereocenters. The molecule has 0 aromatic heterocycles. The van der Waals surface area contributed by atoms with E-state index in [0.717, 1.165) is 0 Å². The monoisotopic (exact) mass is 131 g/mol. The summed E-state index contributed by atoms with van der Waals surface area (Å²) in [6.45, 7) is 0.527. The van der Waals surface area contributed by atoms with Gasteiger partial charge in [-0.3, -0.25) is 0 Å². The fraction of sp³-hybridized carbons (Fsp3) is 0.400. The Bertz CT molecular complexity index is 82.5. The van der Waals surface area contributed by atoms with E-state index < -0.39 is 0 Å². The summed E-state index contributed by atoms with van der Waals surface area (Å²) < 4.78 is 4.68. The minimum Gasteiger partial charge on any atom is -0.369 e. The van der Waals surface area contributed by atoms with E-state index in [2.05, 4.69) is 22.3 Å². The molecule has 0 heterocycles. The summed E-state index contributed by atoms with van der Waals surface area (Å²) in [6, 6.07) is 0. The highest BCUT2D eigenvalue weighted by Crippen LogP contribution is 1.62. The SMILES string of the molecule is COCNC=CC=S. The second kappa shape index (κ2) is 6.59. The van der Waals surface area contributed by atoms with Gasteiger partial charge in [-0.1, -0.05) is 12.2 Å². The molecule has 0 aliphatic heterocycles. The summed E-state index contributed by atoms with van der Waals surface area (Å²) in [4.78, 5) is 0. The van der Waals surface area contributed by atoms with Gasteiger partial charge in [-0.2, -0.15) is 0 Å². The first-order valence-electron chi connectivity index (χ1n) is 2.24. The number of ether oxygens (including phenoxy) is 1. The molecule has 0 saturated carbocycles. The fourth-order valence-electron chi connectivity index (χ4n) is 0.239. The molecule has 0 aromatic rings. The summed E-state index contributed by atoms with van der Waals surface area (Å²) in [5.41, 5.74) is 0. The van der Waals surface area contributed by atoms with Crippen molar-refractivity contribution >= 4 is 17.6 Å². The van der Waals surface area contributed by atoms with E-state index in [1.54, 1.807) is 19.4 Å². The van der Waals surface area contributed by atoms with Crippen molar-refractivity contribution in [1.82, 2.24) is 5.32 Å². The molecule has 1 N–H and O–H groups in total. The molecule has 0 bridgehead atoms. The van der Waals surface area contributed by atoms with Gasteiger partial charge >= 0.3 is 0 Å². The number of rotatable bonds is 4. The van der Waals surface area contributed by atoms with Crippen LogP contribution in [0.5, 0.6) is 0 Å². The van der Waals surface area contributed by atoms with Crippen LogP contribution in [-0.2, 0) is 4.74 Å². The zero-order chi connectivity index (χ0) is 6.24. The minimum atomic E-state index is 0.527. The summed E-state index contributed by atoms with van der Waals surface area (Å²) in [5.74, 6) is 0. The van der Waals surface area contributed by atoms with Crippen molar-refractivity contribution < 1.29 is 4.74 Å². The number of thiocarbonyl (C=S) groups is 1. The third kappa shape index (κ3) is 5.59. The minimum absolute atomic E-state index is 0.527. The molecule has 0 aliphatic rings. The Morgan fingerprint density at radius 3 is 3.00 bits per heavy atom. The highest BCUT2D eigenvalue weighted by molar-refractivity contribution is 7.79. The molecule has 3 heteroatoms. The van der Waals surface area contributed by atoms with Crippen molar-refractivity contribution in [2.24, 2.45) is 0 Å². The number of hydrogen-bond acceptors (Lipinski definition) is 3. The average Bonchev–Trinajstić information content (AvgIpc) is 1.81. The maximum atomic E-state index is 4.68. The maximum Gasteiger partial charge on any atom is 0.115 e. The summed E-state index contributed by atoms with van der Waals surface area (Å²) in [5, 5.41) is 4.37. The van der Waals surface area contributed by atoms with Crippen LogP contribution in [0.2, 0.25) is 0 Å². The molecule has 0 fully saturated rings. The van der Waals surface area contributed by atoms with E-state index in [1.807, 2.05) is 0 Å². The van der Waals surface area contributed by atoms with Gasteiger partial charge in [0, 0.05) is 12.5 Å². The molecule has 0 saturated heterocycles. The van der Waals surface area contributed by atoms with Gasteiger partial charge in [0.2, 0.25) is 0 Å². The standard InChI is InChI=1S/C5H9NOS/c1-7-5-6-3-2-4-8/h2-4,6H,5H2,1H3. The van der Waals surface area contributed by atoms with E-state index in [-0.39, 0.29) is 0 Å². The normalized spacial score (nSPS) is 9.62. The van der Waals surface area contributed by atoms with E-state index >= 15 is 0 Å². The highest BCUT2D eigenvalue weighted by atomic mass is 32.1. The third-order valence-electron chi connectivity index (χ3n) is 0.520. The Labute approximate surface area is 54.5 Å². The molecule has 0 aliphatic carbocycles. The lowest BCUT2D eigenvalue weighted by Gasteiger charge is -1.93. The van der Waals surface area contributed by atoms with Gasteiger partial charge in [0.1, 0.15) is 6.73 Å². The van der Waals surface area contributed by atoms with Gasteiger partial charge in [0.25, 0.3) is 0 Å². The number of allylic oxidation sites excluding steroid dienone is 1. The Hall–Kier alpha value is -0.410. The number of hydrogen-bond donors (Lipinski definition) is 1. The van der Waals surface area contributed by atoms with E-state index in [0.29, 0.717) is 6.73 Å². The van der Waals surface area contributed by atoms with Crippen LogP contribution in [0.25, 0.3) is 0 Å². The van der Waals surface area contributed by atoms with E-state index in [4.69, 9.17) is 0 Å². The van der Waals surface area contributed by atoms with Crippen LogP contribution >= 0.6 is 12.2 Å². The topological polar surface area (TPSA) is 21.3 Å². The van der Waals surface area contributed by atoms with E-state index in [1.165, 1.54) is 5.37 Å². The molecule has 8 heavy (non-hydrogen) atoms. The average molecular weight is 131 g/mol. The molecule has 0 amide bonds. The number of nitrogens with one attached hydrogen (secondary N) is 1. The third-order valence-corrected chi connectivity index (χ3v) is 0.677. The van der Waals surface area contributed by atoms with Gasteiger partial charge in [0.15, 0.2) is 0 Å². The highest BCUT2D eigenvalue weighted by Gasteiger charge is 1.67. The molecule has 0 spiro atoms. The Morgan fingerprint density at radius 2 is 2.50 bits per heavy atom. The zero-order valence-corrected chi connectivity index (χ0v) is 5.57. The lowest BCUT2D eigenvalue weighted by atomic mass is 10.7. The summed E-state index contributed by atoms with van der Waals surface area (Å²) in [7, 11) is 1.62. The van der Waals surface area contributed by atoms with Gasteiger partial charge < -0.3 is 10.1 Å². The molecule has 0 unspecified atom stereocenters. The molecular weight excluding hydrogens is 122 g/mol. The van der Waals surface area contributed by atoms with Crippen LogP contribution in [0.15, 0.2) is 12.3 Å². The van der Waals surface area contributed by atoms with Crippen molar-refractivity contribution in [2.45, 2.75) is 0 Å². The molecule has 0 radical (unpaired) electrons. The second-order valence-corrected chi connectivity index (χ2v) is 1.40. The van der Waals surface area contributed by atoms with Crippen LogP contribution in [0.4, 0.5) is 0 Å². The Kier molecular flexibility index (Phi) is 6.25. The predicted octanol–water partition coefficient (Wildman–Crippen LogP) is 0.693. The summed E-state index contributed by atoms with van der Waals surface area (Å²) >= 11 is 4.51. The van der Waals surface area contributed by atoms with Crippen LogP contribution in [-0.4, -0.2) is 19.2 Å². The van der Waals surface area contributed by atoms with Gasteiger partial charge in [0.05, 0.1) is 0 Å². The van der Waals surface area contributed by atoms with Crippen LogP contribution in [0.1, 0.15) is 0 Å². The molecule has 0 aromatic carbocycles. The van der Waals surface area contributed by atoms with Crippen molar-refractivity contribution in [3.8, 4) is 0 Å². The zero-order valence-electron chi connectivity index (χ0n) is 4.76. The lowest BCUT2D eigenvalue weighted by molar-refractivity contribution is 0.187. The summed E-state index contributed by atoms with van der Waals surface area (Å²) in [6.07, 6.45) is 3.46. The van der Waals surface area contributed by atoms with Crippen molar-refractivity contribution in [1.29, 1.82) is 0 Å². The smallest absolute Gasteiger partial charge is 0.115 e. The van der Waals surface area contributed by atoms with Crippen molar-refractivity contribution in [3.63, 3.8) is 0 Å². The lowest BCUT2D eigenvalue weighted by Crippen LogP contribution is -2.07. The largest absolute Gasteiger partial charge is 0.369 e.